The molecule has 2 aromatic heterocycles. The second-order valence-corrected chi connectivity index (χ2v) is 4.25. The van der Waals surface area contributed by atoms with Crippen LogP contribution in [0.5, 0.6) is 0 Å². The average molecular weight is 249 g/mol. The summed E-state index contributed by atoms with van der Waals surface area (Å²) in [6.45, 7) is 1.91. The van der Waals surface area contributed by atoms with Crippen LogP contribution in [0.4, 0.5) is 5.82 Å². The van der Waals surface area contributed by atoms with E-state index in [9.17, 15) is 0 Å². The second-order valence-electron chi connectivity index (χ2n) is 3.81. The van der Waals surface area contributed by atoms with Gasteiger partial charge in [0.1, 0.15) is 5.82 Å². The van der Waals surface area contributed by atoms with Crippen LogP contribution < -0.4 is 11.5 Å². The van der Waals surface area contributed by atoms with Gasteiger partial charge in [-0.1, -0.05) is 17.7 Å². The molecule has 0 fully saturated rings. The predicted molar refractivity (Wildman–Crippen MR) is 68.7 cm³/mol. The molecule has 0 aliphatic heterocycles. The van der Waals surface area contributed by atoms with Gasteiger partial charge < -0.3 is 11.5 Å². The normalized spacial score (nSPS) is 12.4. The van der Waals surface area contributed by atoms with Crippen molar-refractivity contribution in [2.75, 3.05) is 5.73 Å². The molecule has 17 heavy (non-hydrogen) atoms. The van der Waals surface area contributed by atoms with Crippen LogP contribution in [0.3, 0.4) is 0 Å². The topological polar surface area (TPSA) is 77.8 Å². The zero-order valence-electron chi connectivity index (χ0n) is 9.39. The van der Waals surface area contributed by atoms with Crippen molar-refractivity contribution in [2.45, 2.75) is 13.0 Å². The van der Waals surface area contributed by atoms with Crippen molar-refractivity contribution in [1.29, 1.82) is 0 Å². The highest BCUT2D eigenvalue weighted by atomic mass is 35.5. The number of anilines is 1. The lowest BCUT2D eigenvalue weighted by molar-refractivity contribution is 0.819. The molecule has 0 saturated heterocycles. The average Bonchev–Trinajstić information content (AvgIpc) is 2.31. The first-order valence-corrected chi connectivity index (χ1v) is 5.56. The molecule has 0 spiro atoms. The van der Waals surface area contributed by atoms with Gasteiger partial charge in [0.25, 0.3) is 0 Å². The van der Waals surface area contributed by atoms with Crippen molar-refractivity contribution in [1.82, 2.24) is 9.97 Å². The van der Waals surface area contributed by atoms with E-state index in [-0.39, 0.29) is 0 Å². The third kappa shape index (κ3) is 2.54. The fourth-order valence-electron chi connectivity index (χ4n) is 1.61. The van der Waals surface area contributed by atoms with Crippen LogP contribution in [0.25, 0.3) is 0 Å². The van der Waals surface area contributed by atoms with E-state index in [0.717, 1.165) is 11.4 Å². The molecule has 0 bridgehead atoms. The van der Waals surface area contributed by atoms with Gasteiger partial charge in [0.15, 0.2) is 0 Å². The van der Waals surface area contributed by atoms with Crippen LogP contribution in [0.2, 0.25) is 5.02 Å². The number of nitrogens with zero attached hydrogens (tertiary/aromatic N) is 2. The van der Waals surface area contributed by atoms with E-state index < -0.39 is 6.04 Å². The Morgan fingerprint density at radius 1 is 1.35 bits per heavy atom. The van der Waals surface area contributed by atoms with Crippen molar-refractivity contribution >= 4 is 17.4 Å². The zero-order valence-corrected chi connectivity index (χ0v) is 10.1. The highest BCUT2D eigenvalue weighted by Crippen LogP contribution is 2.24. The van der Waals surface area contributed by atoms with Crippen LogP contribution >= 0.6 is 11.6 Å². The molecule has 0 aromatic carbocycles. The van der Waals surface area contributed by atoms with Crippen LogP contribution in [0.15, 0.2) is 30.5 Å². The molecule has 0 aliphatic rings. The first-order chi connectivity index (χ1) is 8.08. The van der Waals surface area contributed by atoms with Crippen molar-refractivity contribution in [3.05, 3.63) is 52.4 Å². The van der Waals surface area contributed by atoms with Gasteiger partial charge in [-0.25, -0.2) is 4.98 Å². The maximum Gasteiger partial charge on any atom is 0.128 e. The second kappa shape index (κ2) is 4.69. The Bertz CT molecular complexity index is 542. The predicted octanol–water partition coefficient (Wildman–Crippen LogP) is 2.07. The summed E-state index contributed by atoms with van der Waals surface area (Å²) in [7, 11) is 0. The molecule has 4 N–H and O–H groups in total. The Balaban J connectivity index is 2.43. The Morgan fingerprint density at radius 3 is 2.82 bits per heavy atom. The van der Waals surface area contributed by atoms with Gasteiger partial charge in [0, 0.05) is 17.5 Å². The zero-order chi connectivity index (χ0) is 12.4. The molecule has 0 aliphatic carbocycles. The summed E-state index contributed by atoms with van der Waals surface area (Å²) >= 11 is 5.89. The number of hydrogen-bond acceptors (Lipinski definition) is 4. The minimum atomic E-state index is -0.416. The third-order valence-corrected chi connectivity index (χ3v) is 2.69. The van der Waals surface area contributed by atoms with E-state index in [4.69, 9.17) is 23.1 Å². The molecule has 1 unspecified atom stereocenters. The smallest absolute Gasteiger partial charge is 0.128 e. The van der Waals surface area contributed by atoms with Gasteiger partial charge in [-0.3, -0.25) is 4.98 Å². The molecule has 2 rings (SSSR count). The van der Waals surface area contributed by atoms with E-state index in [1.54, 1.807) is 6.07 Å². The molecular formula is C12H13ClN4. The lowest BCUT2D eigenvalue weighted by Gasteiger charge is -2.14. The SMILES string of the molecule is Cc1cccc(C(N)c2cc(Cl)cnc2N)n1. The highest BCUT2D eigenvalue weighted by Gasteiger charge is 2.14. The van der Waals surface area contributed by atoms with Crippen molar-refractivity contribution in [3.63, 3.8) is 0 Å². The number of nitrogen functional groups attached to an aromatic ring is 1. The number of rotatable bonds is 2. The molecule has 0 radical (unpaired) electrons. The summed E-state index contributed by atoms with van der Waals surface area (Å²) in [5.74, 6) is 0.380. The third-order valence-electron chi connectivity index (χ3n) is 2.48. The Hall–Kier alpha value is -1.65. The van der Waals surface area contributed by atoms with Crippen molar-refractivity contribution in [2.24, 2.45) is 5.73 Å². The number of nitrogens with two attached hydrogens (primary N) is 2. The van der Waals surface area contributed by atoms with E-state index in [1.807, 2.05) is 25.1 Å². The summed E-state index contributed by atoms with van der Waals surface area (Å²) in [5.41, 5.74) is 14.3. The minimum absolute atomic E-state index is 0.380. The summed E-state index contributed by atoms with van der Waals surface area (Å²) in [5, 5.41) is 0.511. The van der Waals surface area contributed by atoms with Crippen molar-refractivity contribution < 1.29 is 0 Å². The molecule has 2 aromatic rings. The summed E-state index contributed by atoms with van der Waals surface area (Å²) < 4.78 is 0. The monoisotopic (exact) mass is 248 g/mol. The van der Waals surface area contributed by atoms with E-state index in [0.29, 0.717) is 16.4 Å². The Labute approximate surface area is 105 Å². The molecular weight excluding hydrogens is 236 g/mol. The van der Waals surface area contributed by atoms with Gasteiger partial charge in [-0.05, 0) is 25.1 Å². The van der Waals surface area contributed by atoms with Crippen molar-refractivity contribution in [3.8, 4) is 0 Å². The fourth-order valence-corrected chi connectivity index (χ4v) is 1.78. The fraction of sp³-hybridized carbons (Fsp3) is 0.167. The first-order valence-electron chi connectivity index (χ1n) is 5.18. The van der Waals surface area contributed by atoms with Gasteiger partial charge in [-0.15, -0.1) is 0 Å². The number of aromatic nitrogens is 2. The number of pyridine rings is 2. The number of aryl methyl sites for hydroxylation is 1. The molecule has 88 valence electrons. The largest absolute Gasteiger partial charge is 0.383 e. The molecule has 0 amide bonds. The van der Waals surface area contributed by atoms with E-state index >= 15 is 0 Å². The van der Waals surface area contributed by atoms with E-state index in [1.165, 1.54) is 6.20 Å². The van der Waals surface area contributed by atoms with E-state index in [2.05, 4.69) is 9.97 Å². The molecule has 5 heteroatoms. The maximum absolute atomic E-state index is 6.11. The minimum Gasteiger partial charge on any atom is -0.383 e. The first kappa shape index (κ1) is 11.8. The van der Waals surface area contributed by atoms with Crippen LogP contribution in [-0.4, -0.2) is 9.97 Å². The summed E-state index contributed by atoms with van der Waals surface area (Å²) in [6, 6.07) is 6.99. The number of halogens is 1. The molecule has 0 saturated carbocycles. The lowest BCUT2D eigenvalue weighted by Crippen LogP contribution is -2.16. The van der Waals surface area contributed by atoms with Crippen LogP contribution in [-0.2, 0) is 0 Å². The van der Waals surface area contributed by atoms with Gasteiger partial charge in [0.05, 0.1) is 16.8 Å². The number of hydrogen-bond donors (Lipinski definition) is 2. The van der Waals surface area contributed by atoms with Gasteiger partial charge in [-0.2, -0.15) is 0 Å². The summed E-state index contributed by atoms with van der Waals surface area (Å²) in [4.78, 5) is 8.35. The highest BCUT2D eigenvalue weighted by molar-refractivity contribution is 6.30. The quantitative estimate of drug-likeness (QED) is 0.853. The van der Waals surface area contributed by atoms with Gasteiger partial charge in [0.2, 0.25) is 0 Å². The van der Waals surface area contributed by atoms with Crippen LogP contribution in [0.1, 0.15) is 23.0 Å². The molecule has 2 heterocycles. The van der Waals surface area contributed by atoms with Crippen LogP contribution in [0, 0.1) is 6.92 Å². The Morgan fingerprint density at radius 2 is 2.12 bits per heavy atom. The summed E-state index contributed by atoms with van der Waals surface area (Å²) in [6.07, 6.45) is 1.50. The molecule has 4 nitrogen and oxygen atoms in total. The van der Waals surface area contributed by atoms with Gasteiger partial charge >= 0.3 is 0 Å². The standard InChI is InChI=1S/C12H13ClN4/c1-7-3-2-4-10(17-7)11(14)9-5-8(13)6-16-12(9)15/h2-6,11H,14H2,1H3,(H2,15,16). The Kier molecular flexibility index (Phi) is 3.26. The molecule has 1 atom stereocenters. The lowest BCUT2D eigenvalue weighted by atomic mass is 10.0. The maximum atomic E-state index is 6.11.